The number of nitrogens with zero attached hydrogens (tertiary/aromatic N) is 3. The van der Waals surface area contributed by atoms with Gasteiger partial charge < -0.3 is 4.90 Å². The summed E-state index contributed by atoms with van der Waals surface area (Å²) < 4.78 is 23.5. The number of fused-ring (bicyclic) bond motifs is 2. The van der Waals surface area contributed by atoms with E-state index >= 15 is 0 Å². The van der Waals surface area contributed by atoms with Crippen LogP contribution in [0.15, 0.2) is 59.8 Å². The van der Waals surface area contributed by atoms with Gasteiger partial charge in [-0.15, -0.1) is 0 Å². The maximum atomic E-state index is 13.3. The highest BCUT2D eigenvalue weighted by atomic mass is 32.2. The number of hydrogen-bond donors (Lipinski definition) is 1. The normalized spacial score (nSPS) is 17.6. The molecule has 0 saturated heterocycles. The summed E-state index contributed by atoms with van der Waals surface area (Å²) in [5.41, 5.74) is 4.85. The number of carbonyl (C=O) groups is 1. The monoisotopic (exact) mass is 420 g/mol. The first-order chi connectivity index (χ1) is 14.4. The maximum Gasteiger partial charge on any atom is 0.238 e. The van der Waals surface area contributed by atoms with Crippen molar-refractivity contribution in [1.29, 1.82) is 0 Å². The summed E-state index contributed by atoms with van der Waals surface area (Å²) in [4.78, 5) is 23.7. The van der Waals surface area contributed by atoms with Gasteiger partial charge in [0.1, 0.15) is 0 Å². The van der Waals surface area contributed by atoms with E-state index in [-0.39, 0.29) is 16.7 Å². The van der Waals surface area contributed by atoms with Crippen LogP contribution in [-0.4, -0.2) is 30.8 Å². The molecule has 0 spiro atoms. The van der Waals surface area contributed by atoms with Gasteiger partial charge in [0.05, 0.1) is 4.90 Å². The van der Waals surface area contributed by atoms with E-state index in [2.05, 4.69) is 16.0 Å². The second-order valence-corrected chi connectivity index (χ2v) is 9.30. The van der Waals surface area contributed by atoms with E-state index in [1.807, 2.05) is 12.1 Å². The third-order valence-corrected chi connectivity index (χ3v) is 6.77. The Morgan fingerprint density at radius 2 is 1.73 bits per heavy atom. The largest absolute Gasteiger partial charge is 0.312 e. The van der Waals surface area contributed by atoms with Crippen LogP contribution in [0.3, 0.4) is 0 Å². The number of carbonyl (C=O) groups excluding carboxylic acids is 1. The molecule has 0 fully saturated rings. The molecule has 1 aromatic heterocycles. The molecule has 0 radical (unpaired) electrons. The van der Waals surface area contributed by atoms with Crippen molar-refractivity contribution in [3.05, 3.63) is 71.5 Å². The molecular weight excluding hydrogens is 400 g/mol. The van der Waals surface area contributed by atoms with Crippen molar-refractivity contribution in [2.24, 2.45) is 11.1 Å². The minimum absolute atomic E-state index is 0.0223. The van der Waals surface area contributed by atoms with E-state index in [9.17, 15) is 13.2 Å². The molecule has 5 rings (SSSR count). The van der Waals surface area contributed by atoms with Gasteiger partial charge in [0.15, 0.2) is 5.82 Å². The number of benzene rings is 2. The van der Waals surface area contributed by atoms with E-state index in [1.165, 1.54) is 12.1 Å². The van der Waals surface area contributed by atoms with Gasteiger partial charge in [0.2, 0.25) is 15.9 Å². The van der Waals surface area contributed by atoms with Gasteiger partial charge in [-0.3, -0.25) is 4.79 Å². The predicted octanol–water partition coefficient (Wildman–Crippen LogP) is 2.10. The van der Waals surface area contributed by atoms with Gasteiger partial charge in [0, 0.05) is 36.1 Å². The number of amides is 1. The zero-order chi connectivity index (χ0) is 20.9. The molecule has 1 aliphatic carbocycles. The minimum atomic E-state index is -3.82. The average Bonchev–Trinajstić information content (AvgIpc) is 3.36. The van der Waals surface area contributed by atoms with Gasteiger partial charge >= 0.3 is 0 Å². The first-order valence-electron chi connectivity index (χ1n) is 9.76. The second-order valence-electron chi connectivity index (χ2n) is 7.74. The van der Waals surface area contributed by atoms with Crippen LogP contribution in [0.1, 0.15) is 16.7 Å². The third kappa shape index (κ3) is 3.28. The van der Waals surface area contributed by atoms with Crippen LogP contribution in [0.25, 0.3) is 11.4 Å². The van der Waals surface area contributed by atoms with Crippen molar-refractivity contribution in [2.45, 2.75) is 24.2 Å². The molecule has 1 unspecified atom stereocenters. The highest BCUT2D eigenvalue weighted by Gasteiger charge is 2.34. The Balaban J connectivity index is 1.40. The summed E-state index contributed by atoms with van der Waals surface area (Å²) in [6, 6.07) is 12.6. The number of sulfonamides is 1. The summed E-state index contributed by atoms with van der Waals surface area (Å²) in [5.74, 6) is 0.518. The lowest BCUT2D eigenvalue weighted by Crippen LogP contribution is -2.35. The first-order valence-corrected chi connectivity index (χ1v) is 11.3. The van der Waals surface area contributed by atoms with Crippen LogP contribution in [0.4, 0.5) is 5.69 Å². The number of nitrogens with two attached hydrogens (primary N) is 1. The van der Waals surface area contributed by atoms with Crippen LogP contribution < -0.4 is 10.0 Å². The van der Waals surface area contributed by atoms with Gasteiger partial charge in [0.25, 0.3) is 0 Å². The second kappa shape index (κ2) is 7.00. The smallest absolute Gasteiger partial charge is 0.238 e. The van der Waals surface area contributed by atoms with Gasteiger partial charge in [-0.1, -0.05) is 18.2 Å². The Bertz CT molecular complexity index is 1260. The lowest BCUT2D eigenvalue weighted by Gasteiger charge is -2.21. The first kappa shape index (κ1) is 18.9. The van der Waals surface area contributed by atoms with Crippen molar-refractivity contribution in [2.75, 3.05) is 11.4 Å². The van der Waals surface area contributed by atoms with Gasteiger partial charge in [-0.05, 0) is 60.2 Å². The number of rotatable bonds is 3. The quantitative estimate of drug-likeness (QED) is 0.698. The molecule has 8 heteroatoms. The molecule has 2 aliphatic rings. The van der Waals surface area contributed by atoms with Gasteiger partial charge in [-0.25, -0.2) is 23.5 Å². The van der Waals surface area contributed by atoms with Crippen molar-refractivity contribution in [1.82, 2.24) is 9.97 Å². The Morgan fingerprint density at radius 1 is 1.00 bits per heavy atom. The molecule has 2 aromatic carbocycles. The zero-order valence-corrected chi connectivity index (χ0v) is 17.0. The number of primary sulfonamides is 1. The van der Waals surface area contributed by atoms with Crippen LogP contribution in [0.2, 0.25) is 0 Å². The molecule has 1 aliphatic heterocycles. The van der Waals surface area contributed by atoms with Crippen LogP contribution in [-0.2, 0) is 34.1 Å². The molecule has 2 heterocycles. The topological polar surface area (TPSA) is 106 Å². The van der Waals surface area contributed by atoms with Crippen LogP contribution in [0, 0.1) is 5.92 Å². The standard InChI is InChI=1S/C22H20N4O3S/c23-30(28,29)19-5-4-14-6-9-26(20(14)13-19)22(27)18-10-15-2-3-16(11-17(15)12-18)21-24-7-1-8-25-21/h1-5,7-8,11,13,18H,6,9-10,12H2,(H2,23,28,29). The summed E-state index contributed by atoms with van der Waals surface area (Å²) in [5, 5.41) is 5.27. The molecule has 3 aromatic rings. The van der Waals surface area contributed by atoms with Gasteiger partial charge in [-0.2, -0.15) is 0 Å². The van der Waals surface area contributed by atoms with E-state index in [4.69, 9.17) is 5.14 Å². The fourth-order valence-corrected chi connectivity index (χ4v) is 4.90. The number of aromatic nitrogens is 2. The highest BCUT2D eigenvalue weighted by molar-refractivity contribution is 7.89. The Morgan fingerprint density at radius 3 is 2.50 bits per heavy atom. The molecular formula is C22H20N4O3S. The fraction of sp³-hybridized carbons (Fsp3) is 0.227. The zero-order valence-electron chi connectivity index (χ0n) is 16.2. The van der Waals surface area contributed by atoms with E-state index in [1.54, 1.807) is 29.4 Å². The van der Waals surface area contributed by atoms with E-state index in [0.29, 0.717) is 37.3 Å². The molecule has 30 heavy (non-hydrogen) atoms. The average molecular weight is 420 g/mol. The Hall–Kier alpha value is -3.10. The highest BCUT2D eigenvalue weighted by Crippen LogP contribution is 2.35. The Kier molecular flexibility index (Phi) is 4.41. The van der Waals surface area contributed by atoms with Crippen molar-refractivity contribution in [3.8, 4) is 11.4 Å². The summed E-state index contributed by atoms with van der Waals surface area (Å²) >= 11 is 0. The van der Waals surface area contributed by atoms with Crippen molar-refractivity contribution >= 4 is 21.6 Å². The molecule has 1 amide bonds. The molecule has 2 N–H and O–H groups in total. The van der Waals surface area contributed by atoms with Crippen LogP contribution in [0.5, 0.6) is 0 Å². The molecule has 0 bridgehead atoms. The summed E-state index contributed by atoms with van der Waals surface area (Å²) in [7, 11) is -3.82. The summed E-state index contributed by atoms with van der Waals surface area (Å²) in [6.07, 6.45) is 5.45. The molecule has 0 saturated carbocycles. The SMILES string of the molecule is NS(=O)(=O)c1ccc2c(c1)N(C(=O)C1Cc3ccc(-c4ncccn4)cc3C1)CC2. The molecule has 7 nitrogen and oxygen atoms in total. The van der Waals surface area contributed by atoms with Crippen LogP contribution >= 0.6 is 0 Å². The predicted molar refractivity (Wildman–Crippen MR) is 112 cm³/mol. The molecule has 1 atom stereocenters. The van der Waals surface area contributed by atoms with Crippen molar-refractivity contribution in [3.63, 3.8) is 0 Å². The van der Waals surface area contributed by atoms with E-state index < -0.39 is 10.0 Å². The van der Waals surface area contributed by atoms with Crippen molar-refractivity contribution < 1.29 is 13.2 Å². The molecule has 152 valence electrons. The lowest BCUT2D eigenvalue weighted by atomic mass is 10.0. The lowest BCUT2D eigenvalue weighted by molar-refractivity contribution is -0.122. The Labute approximate surface area is 174 Å². The third-order valence-electron chi connectivity index (χ3n) is 5.86. The number of anilines is 1. The maximum absolute atomic E-state index is 13.3. The van der Waals surface area contributed by atoms with E-state index in [0.717, 1.165) is 22.3 Å². The minimum Gasteiger partial charge on any atom is -0.312 e. The summed E-state index contributed by atoms with van der Waals surface area (Å²) in [6.45, 7) is 0.554. The number of hydrogen-bond acceptors (Lipinski definition) is 5. The fourth-order valence-electron chi connectivity index (χ4n) is 4.37.